The molecule has 0 N–H and O–H groups in total. The monoisotopic (exact) mass is 204 g/mol. The first-order valence-electron chi connectivity index (χ1n) is 4.44. The van der Waals surface area contributed by atoms with Crippen LogP contribution in [0.3, 0.4) is 0 Å². The molecule has 0 saturated heterocycles. The summed E-state index contributed by atoms with van der Waals surface area (Å²) in [7, 11) is 1.57. The van der Waals surface area contributed by atoms with E-state index in [1.165, 1.54) is 6.92 Å². The molecular formula is C12H12O3. The molecule has 3 nitrogen and oxygen atoms in total. The first-order valence-corrected chi connectivity index (χ1v) is 4.44. The normalized spacial score (nSPS) is 11.3. The summed E-state index contributed by atoms with van der Waals surface area (Å²) in [6.45, 7) is 1.32. The predicted octanol–water partition coefficient (Wildman–Crippen LogP) is 1.93. The third-order valence-electron chi connectivity index (χ3n) is 1.83. The van der Waals surface area contributed by atoms with Crippen molar-refractivity contribution in [2.75, 3.05) is 7.11 Å². The van der Waals surface area contributed by atoms with Crippen LogP contribution in [0.1, 0.15) is 18.6 Å². The van der Waals surface area contributed by atoms with Gasteiger partial charge in [-0.15, -0.1) is 6.42 Å². The first-order chi connectivity index (χ1) is 7.17. The van der Waals surface area contributed by atoms with E-state index >= 15 is 0 Å². The molecule has 0 amide bonds. The molecular weight excluding hydrogens is 192 g/mol. The Morgan fingerprint density at radius 2 is 2.27 bits per heavy atom. The number of carbonyl (C=O) groups is 1. The molecule has 0 bridgehead atoms. The van der Waals surface area contributed by atoms with Crippen molar-refractivity contribution in [3.05, 3.63) is 29.8 Å². The maximum absolute atomic E-state index is 10.8. The zero-order valence-corrected chi connectivity index (χ0v) is 8.69. The number of benzene rings is 1. The molecule has 15 heavy (non-hydrogen) atoms. The summed E-state index contributed by atoms with van der Waals surface area (Å²) in [4.78, 5) is 10.8. The second-order valence-corrected chi connectivity index (χ2v) is 2.93. The van der Waals surface area contributed by atoms with Crippen LogP contribution in [0.5, 0.6) is 5.75 Å². The maximum atomic E-state index is 10.8. The molecule has 0 radical (unpaired) electrons. The summed E-state index contributed by atoms with van der Waals surface area (Å²) in [6.07, 6.45) is 4.62. The number of terminal acetylenes is 1. The lowest BCUT2D eigenvalue weighted by Gasteiger charge is -2.11. The number of hydrogen-bond donors (Lipinski definition) is 0. The van der Waals surface area contributed by atoms with E-state index in [-0.39, 0.29) is 0 Å². The molecule has 3 heteroatoms. The van der Waals surface area contributed by atoms with Crippen molar-refractivity contribution in [1.29, 1.82) is 0 Å². The Kier molecular flexibility index (Phi) is 3.75. The lowest BCUT2D eigenvalue weighted by atomic mass is 10.1. The van der Waals surface area contributed by atoms with Gasteiger partial charge < -0.3 is 9.47 Å². The number of ether oxygens (including phenoxy) is 2. The highest BCUT2D eigenvalue weighted by molar-refractivity contribution is 5.66. The van der Waals surface area contributed by atoms with E-state index in [0.717, 1.165) is 5.56 Å². The second-order valence-electron chi connectivity index (χ2n) is 2.93. The maximum Gasteiger partial charge on any atom is 0.304 e. The fourth-order valence-corrected chi connectivity index (χ4v) is 1.17. The summed E-state index contributed by atoms with van der Waals surface area (Å²) in [5.41, 5.74) is 0.729. The number of carbonyl (C=O) groups excluding carboxylic acids is 1. The van der Waals surface area contributed by atoms with Gasteiger partial charge in [-0.1, -0.05) is 18.1 Å². The second kappa shape index (κ2) is 5.06. The molecule has 0 aliphatic heterocycles. The average molecular weight is 204 g/mol. The summed E-state index contributed by atoms with van der Waals surface area (Å²) in [5.74, 6) is 2.68. The minimum absolute atomic E-state index is 0.402. The van der Waals surface area contributed by atoms with Gasteiger partial charge in [-0.2, -0.15) is 0 Å². The van der Waals surface area contributed by atoms with Crippen molar-refractivity contribution in [1.82, 2.24) is 0 Å². The van der Waals surface area contributed by atoms with Gasteiger partial charge in [-0.05, 0) is 12.1 Å². The largest absolute Gasteiger partial charge is 0.497 e. The van der Waals surface area contributed by atoms with Crippen molar-refractivity contribution in [3.8, 4) is 18.1 Å². The Morgan fingerprint density at radius 1 is 1.53 bits per heavy atom. The number of esters is 1. The van der Waals surface area contributed by atoms with Crippen molar-refractivity contribution >= 4 is 5.97 Å². The molecule has 1 rings (SSSR count). The number of hydrogen-bond acceptors (Lipinski definition) is 3. The quantitative estimate of drug-likeness (QED) is 0.557. The van der Waals surface area contributed by atoms with Gasteiger partial charge in [0, 0.05) is 12.5 Å². The van der Waals surface area contributed by atoms with Gasteiger partial charge in [0.15, 0.2) is 6.10 Å². The van der Waals surface area contributed by atoms with Gasteiger partial charge in [0.2, 0.25) is 0 Å². The van der Waals surface area contributed by atoms with Gasteiger partial charge in [-0.3, -0.25) is 4.79 Å². The van der Waals surface area contributed by atoms with Gasteiger partial charge in [0.05, 0.1) is 7.11 Å². The minimum atomic E-state index is -0.655. The molecule has 1 aromatic rings. The van der Waals surface area contributed by atoms with Crippen LogP contribution in [-0.4, -0.2) is 13.1 Å². The van der Waals surface area contributed by atoms with E-state index in [2.05, 4.69) is 5.92 Å². The smallest absolute Gasteiger partial charge is 0.304 e. The molecule has 0 saturated carbocycles. The lowest BCUT2D eigenvalue weighted by Crippen LogP contribution is -2.06. The van der Waals surface area contributed by atoms with Crippen LogP contribution in [0.2, 0.25) is 0 Å². The van der Waals surface area contributed by atoms with E-state index in [9.17, 15) is 4.79 Å². The van der Waals surface area contributed by atoms with E-state index < -0.39 is 12.1 Å². The highest BCUT2D eigenvalue weighted by Crippen LogP contribution is 2.21. The standard InChI is InChI=1S/C12H12O3/c1-4-12(15-9(2)13)10-6-5-7-11(8-10)14-3/h1,5-8,12H,2-3H3/t12-/m1/s1. The fraction of sp³-hybridized carbons (Fsp3) is 0.250. The molecule has 0 heterocycles. The fourth-order valence-electron chi connectivity index (χ4n) is 1.17. The highest BCUT2D eigenvalue weighted by Gasteiger charge is 2.11. The van der Waals surface area contributed by atoms with Crippen LogP contribution in [0, 0.1) is 12.3 Å². The minimum Gasteiger partial charge on any atom is -0.497 e. The molecule has 0 aromatic heterocycles. The Hall–Kier alpha value is -1.95. The summed E-state index contributed by atoms with van der Waals surface area (Å²) in [5, 5.41) is 0. The van der Waals surface area contributed by atoms with Gasteiger partial charge >= 0.3 is 5.97 Å². The molecule has 1 aromatic carbocycles. The van der Waals surface area contributed by atoms with E-state index in [1.54, 1.807) is 31.4 Å². The topological polar surface area (TPSA) is 35.5 Å². The molecule has 0 aliphatic rings. The van der Waals surface area contributed by atoms with Crippen LogP contribution < -0.4 is 4.74 Å². The Morgan fingerprint density at radius 3 is 2.80 bits per heavy atom. The third kappa shape index (κ3) is 3.03. The average Bonchev–Trinajstić information content (AvgIpc) is 2.25. The van der Waals surface area contributed by atoms with Gasteiger partial charge in [0.25, 0.3) is 0 Å². The molecule has 0 spiro atoms. The van der Waals surface area contributed by atoms with Crippen molar-refractivity contribution in [2.24, 2.45) is 0 Å². The van der Waals surface area contributed by atoms with Crippen LogP contribution in [0.15, 0.2) is 24.3 Å². The molecule has 78 valence electrons. The zero-order valence-electron chi connectivity index (χ0n) is 8.69. The molecule has 0 fully saturated rings. The first kappa shape index (κ1) is 11.1. The zero-order chi connectivity index (χ0) is 11.3. The van der Waals surface area contributed by atoms with E-state index in [0.29, 0.717) is 5.75 Å². The third-order valence-corrected chi connectivity index (χ3v) is 1.83. The van der Waals surface area contributed by atoms with Crippen molar-refractivity contribution in [2.45, 2.75) is 13.0 Å². The molecule has 0 aliphatic carbocycles. The van der Waals surface area contributed by atoms with Crippen LogP contribution in [0.25, 0.3) is 0 Å². The number of methoxy groups -OCH3 is 1. The Bertz CT molecular complexity index is 390. The van der Waals surface area contributed by atoms with Crippen LogP contribution in [-0.2, 0) is 9.53 Å². The summed E-state index contributed by atoms with van der Waals surface area (Å²) < 4.78 is 10.00. The Labute approximate surface area is 89.0 Å². The lowest BCUT2D eigenvalue weighted by molar-refractivity contribution is -0.144. The van der Waals surface area contributed by atoms with Crippen molar-refractivity contribution in [3.63, 3.8) is 0 Å². The predicted molar refractivity (Wildman–Crippen MR) is 56.3 cm³/mol. The molecule has 0 unspecified atom stereocenters. The highest BCUT2D eigenvalue weighted by atomic mass is 16.5. The van der Waals surface area contributed by atoms with Gasteiger partial charge in [-0.25, -0.2) is 0 Å². The van der Waals surface area contributed by atoms with Crippen LogP contribution >= 0.6 is 0 Å². The Balaban J connectivity index is 2.92. The summed E-state index contributed by atoms with van der Waals surface area (Å²) in [6, 6.07) is 7.12. The van der Waals surface area contributed by atoms with Gasteiger partial charge in [0.1, 0.15) is 5.75 Å². The van der Waals surface area contributed by atoms with Crippen molar-refractivity contribution < 1.29 is 14.3 Å². The van der Waals surface area contributed by atoms with E-state index in [1.807, 2.05) is 0 Å². The van der Waals surface area contributed by atoms with Crippen LogP contribution in [0.4, 0.5) is 0 Å². The number of rotatable bonds is 3. The van der Waals surface area contributed by atoms with E-state index in [4.69, 9.17) is 15.9 Å². The molecule has 1 atom stereocenters. The summed E-state index contributed by atoms with van der Waals surface area (Å²) >= 11 is 0. The SMILES string of the molecule is C#C[C@@H](OC(C)=O)c1cccc(OC)c1.